The molecule has 4 heteroatoms. The highest BCUT2D eigenvalue weighted by Crippen LogP contribution is 2.24. The quantitative estimate of drug-likeness (QED) is 0.670. The molecule has 0 radical (unpaired) electrons. The number of aryl methyl sites for hydroxylation is 1. The zero-order valence-electron chi connectivity index (χ0n) is 9.69. The van der Waals surface area contributed by atoms with Crippen molar-refractivity contribution in [1.82, 2.24) is 0 Å². The van der Waals surface area contributed by atoms with Crippen molar-refractivity contribution >= 4 is 22.8 Å². The van der Waals surface area contributed by atoms with Crippen LogP contribution in [0.25, 0.3) is 0 Å². The smallest absolute Gasteiger partial charge is 0.203 e. The van der Waals surface area contributed by atoms with Gasteiger partial charge >= 0.3 is 0 Å². The summed E-state index contributed by atoms with van der Waals surface area (Å²) >= 11 is 1.38. The van der Waals surface area contributed by atoms with Gasteiger partial charge in [0.05, 0.1) is 12.0 Å². The first kappa shape index (κ1) is 11.7. The normalized spacial score (nSPS) is 10.2. The number of carbonyl (C=O) groups is 1. The average Bonchev–Trinajstić information content (AvgIpc) is 2.80. The van der Waals surface area contributed by atoms with E-state index < -0.39 is 0 Å². The molecule has 17 heavy (non-hydrogen) atoms. The Labute approximate surface area is 104 Å². The lowest BCUT2D eigenvalue weighted by molar-refractivity contribution is 0.104. The molecule has 0 bridgehead atoms. The van der Waals surface area contributed by atoms with Gasteiger partial charge in [0, 0.05) is 22.7 Å². The summed E-state index contributed by atoms with van der Waals surface area (Å²) in [5.41, 5.74) is 7.99. The molecule has 0 saturated carbocycles. The molecule has 0 aliphatic rings. The van der Waals surface area contributed by atoms with Crippen LogP contribution >= 0.6 is 11.3 Å². The second-order valence-electron chi connectivity index (χ2n) is 3.75. The molecule has 1 aromatic carbocycles. The van der Waals surface area contributed by atoms with Gasteiger partial charge in [-0.2, -0.15) is 0 Å². The maximum Gasteiger partial charge on any atom is 0.203 e. The minimum atomic E-state index is 0.00130. The number of methoxy groups -OCH3 is 1. The molecule has 0 aliphatic carbocycles. The van der Waals surface area contributed by atoms with Crippen molar-refractivity contribution in [2.45, 2.75) is 6.92 Å². The number of hydrogen-bond acceptors (Lipinski definition) is 4. The van der Waals surface area contributed by atoms with E-state index in [0.717, 1.165) is 5.56 Å². The summed E-state index contributed by atoms with van der Waals surface area (Å²) in [5.74, 6) is 0.715. The molecule has 2 N–H and O–H groups in total. The molecular weight excluding hydrogens is 234 g/mol. The van der Waals surface area contributed by atoms with Gasteiger partial charge in [-0.1, -0.05) is 0 Å². The van der Waals surface area contributed by atoms with Gasteiger partial charge in [-0.15, -0.1) is 11.3 Å². The first-order chi connectivity index (χ1) is 8.11. The summed E-state index contributed by atoms with van der Waals surface area (Å²) in [6, 6.07) is 7.06. The molecule has 1 heterocycles. The molecule has 2 rings (SSSR count). The second kappa shape index (κ2) is 4.59. The fourth-order valence-electron chi connectivity index (χ4n) is 1.50. The Kier molecular flexibility index (Phi) is 3.15. The monoisotopic (exact) mass is 247 g/mol. The lowest BCUT2D eigenvalue weighted by Gasteiger charge is -2.02. The molecular formula is C13H13NO2S. The van der Waals surface area contributed by atoms with Crippen LogP contribution in [0.4, 0.5) is 5.69 Å². The molecule has 1 aromatic heterocycles. The first-order valence-electron chi connectivity index (χ1n) is 5.15. The van der Waals surface area contributed by atoms with Crippen LogP contribution in [-0.4, -0.2) is 12.9 Å². The van der Waals surface area contributed by atoms with Crippen molar-refractivity contribution in [3.8, 4) is 5.75 Å². The zero-order valence-corrected chi connectivity index (χ0v) is 10.5. The predicted octanol–water partition coefficient (Wildman–Crippen LogP) is 2.88. The molecule has 0 amide bonds. The first-order valence-corrected chi connectivity index (χ1v) is 6.03. The van der Waals surface area contributed by atoms with Gasteiger partial charge in [-0.3, -0.25) is 4.79 Å². The highest BCUT2D eigenvalue weighted by Gasteiger charge is 2.12. The third kappa shape index (κ3) is 2.31. The summed E-state index contributed by atoms with van der Waals surface area (Å²) in [6.45, 7) is 1.89. The SMILES string of the molecule is COc1csc(C(=O)c2ccc(N)c(C)c2)c1. The summed E-state index contributed by atoms with van der Waals surface area (Å²) in [5, 5.41) is 1.82. The molecule has 0 atom stereocenters. The Morgan fingerprint density at radius 1 is 1.35 bits per heavy atom. The van der Waals surface area contributed by atoms with E-state index in [1.807, 2.05) is 18.4 Å². The Morgan fingerprint density at radius 2 is 2.12 bits per heavy atom. The van der Waals surface area contributed by atoms with E-state index in [0.29, 0.717) is 21.9 Å². The van der Waals surface area contributed by atoms with Crippen LogP contribution < -0.4 is 10.5 Å². The van der Waals surface area contributed by atoms with Crippen molar-refractivity contribution < 1.29 is 9.53 Å². The summed E-state index contributed by atoms with van der Waals surface area (Å²) < 4.78 is 5.06. The Balaban J connectivity index is 2.33. The van der Waals surface area contributed by atoms with Crippen molar-refractivity contribution in [3.63, 3.8) is 0 Å². The number of thiophene rings is 1. The molecule has 0 unspecified atom stereocenters. The molecule has 0 aliphatic heterocycles. The van der Waals surface area contributed by atoms with E-state index in [4.69, 9.17) is 10.5 Å². The van der Waals surface area contributed by atoms with Gasteiger partial charge in [0.15, 0.2) is 0 Å². The molecule has 0 saturated heterocycles. The standard InChI is InChI=1S/C13H13NO2S/c1-8-5-9(3-4-11(8)14)13(15)12-6-10(16-2)7-17-12/h3-7H,14H2,1-2H3. The van der Waals surface area contributed by atoms with Gasteiger partial charge in [0.25, 0.3) is 0 Å². The second-order valence-corrected chi connectivity index (χ2v) is 4.66. The molecule has 0 spiro atoms. The number of ether oxygens (including phenoxy) is 1. The van der Waals surface area contributed by atoms with E-state index in [2.05, 4.69) is 0 Å². The number of ketones is 1. The number of nitrogen functional groups attached to an aromatic ring is 1. The highest BCUT2D eigenvalue weighted by atomic mass is 32.1. The van der Waals surface area contributed by atoms with Crippen LogP contribution in [0.5, 0.6) is 5.75 Å². The zero-order chi connectivity index (χ0) is 12.4. The van der Waals surface area contributed by atoms with Crippen molar-refractivity contribution in [2.75, 3.05) is 12.8 Å². The Morgan fingerprint density at radius 3 is 2.71 bits per heavy atom. The van der Waals surface area contributed by atoms with Crippen LogP contribution in [0.15, 0.2) is 29.6 Å². The minimum absolute atomic E-state index is 0.00130. The number of anilines is 1. The molecule has 0 fully saturated rings. The van der Waals surface area contributed by atoms with E-state index in [9.17, 15) is 4.79 Å². The topological polar surface area (TPSA) is 52.3 Å². The van der Waals surface area contributed by atoms with Crippen LogP contribution in [0, 0.1) is 6.92 Å². The number of carbonyl (C=O) groups excluding carboxylic acids is 1. The van der Waals surface area contributed by atoms with Crippen molar-refractivity contribution in [1.29, 1.82) is 0 Å². The van der Waals surface area contributed by atoms with Gasteiger partial charge < -0.3 is 10.5 Å². The van der Waals surface area contributed by atoms with Crippen LogP contribution in [0.3, 0.4) is 0 Å². The fourth-order valence-corrected chi connectivity index (χ4v) is 2.32. The van der Waals surface area contributed by atoms with E-state index >= 15 is 0 Å². The van der Waals surface area contributed by atoms with Crippen molar-refractivity contribution in [2.24, 2.45) is 0 Å². The van der Waals surface area contributed by atoms with Gasteiger partial charge in [0.2, 0.25) is 5.78 Å². The lowest BCUT2D eigenvalue weighted by atomic mass is 10.1. The highest BCUT2D eigenvalue weighted by molar-refractivity contribution is 7.12. The van der Waals surface area contributed by atoms with Crippen molar-refractivity contribution in [3.05, 3.63) is 45.6 Å². The third-order valence-corrected chi connectivity index (χ3v) is 3.47. The van der Waals surface area contributed by atoms with Crippen LogP contribution in [0.1, 0.15) is 20.8 Å². The Hall–Kier alpha value is -1.81. The van der Waals surface area contributed by atoms with Gasteiger partial charge in [-0.05, 0) is 30.7 Å². The van der Waals surface area contributed by atoms with Gasteiger partial charge in [0.1, 0.15) is 5.75 Å². The Bertz CT molecular complexity index is 560. The average molecular weight is 247 g/mol. The summed E-state index contributed by atoms with van der Waals surface area (Å²) in [7, 11) is 1.59. The van der Waals surface area contributed by atoms with E-state index in [1.54, 1.807) is 25.3 Å². The van der Waals surface area contributed by atoms with Crippen LogP contribution in [0.2, 0.25) is 0 Å². The predicted molar refractivity (Wildman–Crippen MR) is 69.9 cm³/mol. The molecule has 3 nitrogen and oxygen atoms in total. The van der Waals surface area contributed by atoms with E-state index in [1.165, 1.54) is 11.3 Å². The fraction of sp³-hybridized carbons (Fsp3) is 0.154. The summed E-state index contributed by atoms with van der Waals surface area (Å²) in [4.78, 5) is 12.8. The third-order valence-electron chi connectivity index (χ3n) is 2.57. The maximum absolute atomic E-state index is 12.2. The minimum Gasteiger partial charge on any atom is -0.496 e. The number of nitrogens with two attached hydrogens (primary N) is 1. The van der Waals surface area contributed by atoms with Gasteiger partial charge in [-0.25, -0.2) is 0 Å². The largest absolute Gasteiger partial charge is 0.496 e. The molecule has 88 valence electrons. The van der Waals surface area contributed by atoms with Crippen LogP contribution in [-0.2, 0) is 0 Å². The maximum atomic E-state index is 12.2. The molecule has 2 aromatic rings. The lowest BCUT2D eigenvalue weighted by Crippen LogP contribution is -2.00. The number of hydrogen-bond donors (Lipinski definition) is 1. The van der Waals surface area contributed by atoms with E-state index in [-0.39, 0.29) is 5.78 Å². The number of benzene rings is 1. The summed E-state index contributed by atoms with van der Waals surface area (Å²) in [6.07, 6.45) is 0. The number of rotatable bonds is 3.